The largest absolute Gasteiger partial charge is 0.435 e. The van der Waals surface area contributed by atoms with E-state index in [2.05, 4.69) is 15.4 Å². The number of nitrogens with one attached hydrogen (secondary N) is 1. The summed E-state index contributed by atoms with van der Waals surface area (Å²) in [5.74, 6) is 2.07. The third kappa shape index (κ3) is 3.56. The lowest BCUT2D eigenvalue weighted by Crippen LogP contribution is -2.59. The second-order valence-electron chi connectivity index (χ2n) is 10.4. The summed E-state index contributed by atoms with van der Waals surface area (Å²) in [4.78, 5) is 17.5. The summed E-state index contributed by atoms with van der Waals surface area (Å²) in [6, 6.07) is 0. The molecule has 4 fully saturated rings. The fourth-order valence-corrected chi connectivity index (χ4v) is 7.97. The van der Waals surface area contributed by atoms with Gasteiger partial charge < -0.3 is 5.32 Å². The highest BCUT2D eigenvalue weighted by molar-refractivity contribution is 7.09. The molecule has 0 spiro atoms. The summed E-state index contributed by atoms with van der Waals surface area (Å²) in [6.45, 7) is 0.174. The molecular weight excluding hydrogens is 437 g/mol. The summed E-state index contributed by atoms with van der Waals surface area (Å²) in [6.07, 6.45) is 5.34. The molecule has 7 rings (SSSR count). The highest BCUT2D eigenvalue weighted by atomic mass is 32.1. The molecule has 1 amide bonds. The highest BCUT2D eigenvalue weighted by Crippen LogP contribution is 2.55. The van der Waals surface area contributed by atoms with E-state index in [0.29, 0.717) is 34.8 Å². The first-order valence-corrected chi connectivity index (χ1v) is 12.6. The van der Waals surface area contributed by atoms with Gasteiger partial charge in [0.05, 0.1) is 6.54 Å². The van der Waals surface area contributed by atoms with Crippen molar-refractivity contribution in [1.29, 1.82) is 0 Å². The van der Waals surface area contributed by atoms with Crippen LogP contribution in [0.15, 0.2) is 5.38 Å². The number of amides is 1. The number of hydrogen-bond donors (Lipinski definition) is 1. The molecule has 0 aromatic carbocycles. The maximum Gasteiger partial charge on any atom is 0.435 e. The molecule has 4 bridgehead atoms. The van der Waals surface area contributed by atoms with E-state index in [1.807, 2.05) is 0 Å². The normalized spacial score (nSPS) is 31.0. The van der Waals surface area contributed by atoms with Crippen molar-refractivity contribution < 1.29 is 18.0 Å². The van der Waals surface area contributed by atoms with E-state index in [1.165, 1.54) is 35.3 Å². The predicted molar refractivity (Wildman–Crippen MR) is 113 cm³/mol. The van der Waals surface area contributed by atoms with Crippen LogP contribution in [0, 0.1) is 17.8 Å². The van der Waals surface area contributed by atoms with Crippen LogP contribution in [0.25, 0.3) is 0 Å². The van der Waals surface area contributed by atoms with Crippen LogP contribution in [-0.2, 0) is 25.6 Å². The molecule has 4 saturated carbocycles. The zero-order valence-corrected chi connectivity index (χ0v) is 18.7. The number of thiazole rings is 1. The molecule has 1 N–H and O–H groups in total. The molecular formula is C23H27F3N4OS. The molecule has 2 aromatic rings. The van der Waals surface area contributed by atoms with Gasteiger partial charge in [0.1, 0.15) is 10.7 Å². The van der Waals surface area contributed by atoms with E-state index in [0.717, 1.165) is 49.9 Å². The molecule has 32 heavy (non-hydrogen) atoms. The molecule has 172 valence electrons. The van der Waals surface area contributed by atoms with Crippen LogP contribution < -0.4 is 5.32 Å². The monoisotopic (exact) mass is 464 g/mol. The lowest BCUT2D eigenvalue weighted by Gasteiger charge is -2.56. The van der Waals surface area contributed by atoms with Crippen LogP contribution in [0.4, 0.5) is 13.2 Å². The number of fused-ring (bicyclic) bond motifs is 1. The highest BCUT2D eigenvalue weighted by Gasteiger charge is 2.51. The van der Waals surface area contributed by atoms with Crippen molar-refractivity contribution in [2.24, 2.45) is 17.8 Å². The summed E-state index contributed by atoms with van der Waals surface area (Å²) in [5.41, 5.74) is 0.526. The van der Waals surface area contributed by atoms with Gasteiger partial charge in [-0.05, 0) is 82.0 Å². The first-order chi connectivity index (χ1) is 15.3. The van der Waals surface area contributed by atoms with Crippen molar-refractivity contribution in [2.75, 3.05) is 0 Å². The summed E-state index contributed by atoms with van der Waals surface area (Å²) in [5, 5.41) is 9.59. The predicted octanol–water partition coefficient (Wildman–Crippen LogP) is 4.98. The van der Waals surface area contributed by atoms with E-state index < -0.39 is 11.9 Å². The standard InChI is InChI=1S/C23H27F3N4OS/c24-23(25,26)20-16-3-1-2-4-18(16)30(29-20)11-19-27-17(12-32-19)21(31)28-22-8-13-5-14(9-22)7-15(6-13)10-22/h12-15H,1-11H2,(H,28,31). The van der Waals surface area contributed by atoms with Crippen molar-refractivity contribution in [3.8, 4) is 0 Å². The quantitative estimate of drug-likeness (QED) is 0.694. The van der Waals surface area contributed by atoms with Crippen LogP contribution in [0.3, 0.4) is 0 Å². The Kier molecular flexibility index (Phi) is 4.72. The van der Waals surface area contributed by atoms with Crippen molar-refractivity contribution in [3.63, 3.8) is 0 Å². The molecule has 9 heteroatoms. The van der Waals surface area contributed by atoms with Gasteiger partial charge in [-0.2, -0.15) is 18.3 Å². The number of nitrogens with zero attached hydrogens (tertiary/aromatic N) is 3. The SMILES string of the molecule is O=C(NC12CC3CC(CC(C3)C1)C2)c1csc(Cn2nc(C(F)(F)F)c3c2CCCC3)n1. The van der Waals surface area contributed by atoms with Crippen molar-refractivity contribution in [1.82, 2.24) is 20.1 Å². The number of hydrogen-bond acceptors (Lipinski definition) is 4. The number of carbonyl (C=O) groups excluding carboxylic acids is 1. The Morgan fingerprint density at radius 1 is 1.12 bits per heavy atom. The van der Waals surface area contributed by atoms with Gasteiger partial charge in [0, 0.05) is 22.2 Å². The Morgan fingerprint density at radius 2 is 1.78 bits per heavy atom. The molecule has 5 aliphatic carbocycles. The minimum Gasteiger partial charge on any atom is -0.345 e. The van der Waals surface area contributed by atoms with Crippen molar-refractivity contribution >= 4 is 17.2 Å². The van der Waals surface area contributed by atoms with Gasteiger partial charge in [-0.3, -0.25) is 9.48 Å². The van der Waals surface area contributed by atoms with E-state index in [1.54, 1.807) is 5.38 Å². The number of alkyl halides is 3. The Hall–Kier alpha value is -1.90. The molecule has 0 radical (unpaired) electrons. The third-order valence-corrected chi connectivity index (χ3v) is 8.85. The van der Waals surface area contributed by atoms with Gasteiger partial charge in [-0.15, -0.1) is 11.3 Å². The smallest absolute Gasteiger partial charge is 0.345 e. The van der Waals surface area contributed by atoms with Crippen molar-refractivity contribution in [2.45, 2.75) is 82.5 Å². The van der Waals surface area contributed by atoms with E-state index >= 15 is 0 Å². The Labute approximate surface area is 188 Å². The Morgan fingerprint density at radius 3 is 2.44 bits per heavy atom. The van der Waals surface area contributed by atoms with Gasteiger partial charge in [0.15, 0.2) is 5.69 Å². The van der Waals surface area contributed by atoms with Crippen LogP contribution >= 0.6 is 11.3 Å². The van der Waals surface area contributed by atoms with Gasteiger partial charge in [0.2, 0.25) is 0 Å². The summed E-state index contributed by atoms with van der Waals surface area (Å²) in [7, 11) is 0. The lowest BCUT2D eigenvalue weighted by molar-refractivity contribution is -0.142. The molecule has 5 nitrogen and oxygen atoms in total. The van der Waals surface area contributed by atoms with E-state index in [-0.39, 0.29) is 18.0 Å². The minimum atomic E-state index is -4.45. The molecule has 0 unspecified atom stereocenters. The molecule has 0 aliphatic heterocycles. The van der Waals surface area contributed by atoms with Crippen LogP contribution in [0.1, 0.15) is 83.8 Å². The Bertz CT molecular complexity index is 1020. The van der Waals surface area contributed by atoms with Crippen LogP contribution in [0.2, 0.25) is 0 Å². The van der Waals surface area contributed by atoms with E-state index in [4.69, 9.17) is 0 Å². The van der Waals surface area contributed by atoms with Crippen molar-refractivity contribution in [3.05, 3.63) is 33.0 Å². The summed E-state index contributed by atoms with van der Waals surface area (Å²) >= 11 is 1.32. The number of aromatic nitrogens is 3. The zero-order chi connectivity index (χ0) is 22.1. The second-order valence-corrected chi connectivity index (χ2v) is 11.4. The molecule has 0 atom stereocenters. The third-order valence-electron chi connectivity index (χ3n) is 8.01. The van der Waals surface area contributed by atoms with Gasteiger partial charge in [0.25, 0.3) is 5.91 Å². The minimum absolute atomic E-state index is 0.0850. The first-order valence-electron chi connectivity index (χ1n) is 11.7. The summed E-state index contributed by atoms with van der Waals surface area (Å²) < 4.78 is 41.8. The molecule has 0 saturated heterocycles. The fourth-order valence-electron chi connectivity index (χ4n) is 7.21. The maximum atomic E-state index is 13.5. The first kappa shape index (κ1) is 20.7. The molecule has 5 aliphatic rings. The lowest BCUT2D eigenvalue weighted by atomic mass is 9.53. The maximum absolute atomic E-state index is 13.5. The van der Waals surface area contributed by atoms with E-state index in [9.17, 15) is 18.0 Å². The molecule has 2 heterocycles. The average molecular weight is 465 g/mol. The van der Waals surface area contributed by atoms with Gasteiger partial charge in [-0.1, -0.05) is 0 Å². The van der Waals surface area contributed by atoms with Gasteiger partial charge >= 0.3 is 6.18 Å². The number of carbonyl (C=O) groups is 1. The van der Waals surface area contributed by atoms with Gasteiger partial charge in [-0.25, -0.2) is 4.98 Å². The fraction of sp³-hybridized carbons (Fsp3) is 0.696. The zero-order valence-electron chi connectivity index (χ0n) is 17.9. The second kappa shape index (κ2) is 7.30. The van der Waals surface area contributed by atoms with Crippen LogP contribution in [-0.4, -0.2) is 26.2 Å². The number of halogens is 3. The molecule has 2 aromatic heterocycles. The topological polar surface area (TPSA) is 59.8 Å². The number of rotatable bonds is 4. The van der Waals surface area contributed by atoms with Crippen LogP contribution in [0.5, 0.6) is 0 Å². The average Bonchev–Trinajstić information content (AvgIpc) is 3.32. The Balaban J connectivity index is 1.19.